The van der Waals surface area contributed by atoms with Crippen LogP contribution in [0.3, 0.4) is 0 Å². The molecule has 1 atom stereocenters. The molecule has 2 amide bonds. The summed E-state index contributed by atoms with van der Waals surface area (Å²) in [6.45, 7) is 0.418. The summed E-state index contributed by atoms with van der Waals surface area (Å²) in [5.41, 5.74) is 0.522. The van der Waals surface area contributed by atoms with Crippen molar-refractivity contribution < 1.29 is 18.4 Å². The van der Waals surface area contributed by atoms with Crippen LogP contribution in [-0.2, 0) is 9.59 Å². The lowest BCUT2D eigenvalue weighted by Crippen LogP contribution is -2.35. The van der Waals surface area contributed by atoms with Crippen molar-refractivity contribution in [1.29, 1.82) is 0 Å². The van der Waals surface area contributed by atoms with Gasteiger partial charge >= 0.3 is 0 Å². The molecule has 2 aromatic rings. The maximum atomic E-state index is 12.8. The molecule has 1 aromatic heterocycles. The van der Waals surface area contributed by atoms with Crippen LogP contribution in [0.15, 0.2) is 47.1 Å². The van der Waals surface area contributed by atoms with Crippen LogP contribution in [-0.4, -0.2) is 48.9 Å². The van der Waals surface area contributed by atoms with Crippen molar-refractivity contribution in [2.24, 2.45) is 0 Å². The molecule has 0 saturated heterocycles. The van der Waals surface area contributed by atoms with E-state index in [0.29, 0.717) is 12.2 Å². The highest BCUT2D eigenvalue weighted by Crippen LogP contribution is 2.17. The van der Waals surface area contributed by atoms with Gasteiger partial charge in [0.1, 0.15) is 11.6 Å². The maximum absolute atomic E-state index is 12.8. The van der Waals surface area contributed by atoms with Gasteiger partial charge in [-0.25, -0.2) is 4.39 Å². The zero-order chi connectivity index (χ0) is 18.9. The second kappa shape index (κ2) is 9.98. The third-order valence-corrected chi connectivity index (χ3v) is 4.51. The van der Waals surface area contributed by atoms with Crippen LogP contribution in [0.1, 0.15) is 11.8 Å². The molecule has 0 fully saturated rings. The molecule has 0 saturated carbocycles. The molecule has 0 spiro atoms. The predicted octanol–water partition coefficient (Wildman–Crippen LogP) is 2.51. The number of nitrogens with zero attached hydrogens (tertiary/aromatic N) is 1. The van der Waals surface area contributed by atoms with Crippen molar-refractivity contribution in [2.75, 3.05) is 37.5 Å². The van der Waals surface area contributed by atoms with Gasteiger partial charge in [0.15, 0.2) is 0 Å². The molecule has 0 aliphatic heterocycles. The Bertz CT molecular complexity index is 705. The molecule has 2 rings (SSSR count). The topological polar surface area (TPSA) is 74.6 Å². The van der Waals surface area contributed by atoms with Gasteiger partial charge in [0.2, 0.25) is 11.8 Å². The van der Waals surface area contributed by atoms with E-state index in [4.69, 9.17) is 4.42 Å². The Kier molecular flexibility index (Phi) is 7.68. The van der Waals surface area contributed by atoms with E-state index in [0.717, 1.165) is 5.76 Å². The molecular formula is C18H22FN3O3S. The van der Waals surface area contributed by atoms with E-state index in [9.17, 15) is 14.0 Å². The van der Waals surface area contributed by atoms with Crippen molar-refractivity contribution in [1.82, 2.24) is 10.2 Å². The van der Waals surface area contributed by atoms with E-state index in [2.05, 4.69) is 10.6 Å². The number of nitrogens with one attached hydrogen (secondary N) is 2. The fourth-order valence-corrected chi connectivity index (χ4v) is 2.89. The van der Waals surface area contributed by atoms with Gasteiger partial charge in [-0.2, -0.15) is 0 Å². The Hall–Kier alpha value is -2.32. The minimum absolute atomic E-state index is 0.0549. The van der Waals surface area contributed by atoms with Crippen molar-refractivity contribution in [3.8, 4) is 0 Å². The molecule has 8 heteroatoms. The highest BCUT2D eigenvalue weighted by Gasteiger charge is 2.17. The number of likely N-dealkylation sites (N-methyl/N-ethyl adjacent to an activating group) is 1. The van der Waals surface area contributed by atoms with Gasteiger partial charge in [-0.3, -0.25) is 14.5 Å². The molecule has 0 aliphatic carbocycles. The quantitative estimate of drug-likeness (QED) is 0.700. The van der Waals surface area contributed by atoms with Crippen molar-refractivity contribution in [3.05, 3.63) is 54.2 Å². The lowest BCUT2D eigenvalue weighted by Gasteiger charge is -2.22. The molecule has 1 unspecified atom stereocenters. The Balaban J connectivity index is 1.68. The number of halogens is 1. The summed E-state index contributed by atoms with van der Waals surface area (Å²) in [5, 5.41) is 5.50. The molecule has 140 valence electrons. The van der Waals surface area contributed by atoms with Crippen LogP contribution in [0, 0.1) is 5.82 Å². The lowest BCUT2D eigenvalue weighted by molar-refractivity contribution is -0.118. The summed E-state index contributed by atoms with van der Waals surface area (Å²) in [5.74, 6) is 0.343. The third kappa shape index (κ3) is 6.53. The molecular weight excluding hydrogens is 357 g/mol. The summed E-state index contributed by atoms with van der Waals surface area (Å²) < 4.78 is 18.2. The van der Waals surface area contributed by atoms with Gasteiger partial charge in [-0.1, -0.05) is 0 Å². The summed E-state index contributed by atoms with van der Waals surface area (Å²) in [7, 11) is 3.82. The average molecular weight is 379 g/mol. The number of anilines is 1. The number of hydrogen-bond acceptors (Lipinski definition) is 5. The molecule has 1 aromatic carbocycles. The van der Waals surface area contributed by atoms with Crippen LogP contribution >= 0.6 is 11.8 Å². The predicted molar refractivity (Wildman–Crippen MR) is 101 cm³/mol. The van der Waals surface area contributed by atoms with E-state index in [-0.39, 0.29) is 35.2 Å². The van der Waals surface area contributed by atoms with Crippen molar-refractivity contribution in [2.45, 2.75) is 6.04 Å². The smallest absolute Gasteiger partial charge is 0.234 e. The molecule has 2 N–H and O–H groups in total. The SMILES string of the molecule is CN(C)C(CNC(=O)CSCC(=O)Nc1ccc(F)cc1)c1ccco1. The second-order valence-electron chi connectivity index (χ2n) is 5.85. The van der Waals surface area contributed by atoms with Crippen LogP contribution in [0.5, 0.6) is 0 Å². The number of carbonyl (C=O) groups is 2. The van der Waals surface area contributed by atoms with Crippen LogP contribution in [0.25, 0.3) is 0 Å². The van der Waals surface area contributed by atoms with Crippen LogP contribution in [0.4, 0.5) is 10.1 Å². The van der Waals surface area contributed by atoms with Gasteiger partial charge in [-0.15, -0.1) is 11.8 Å². The van der Waals surface area contributed by atoms with Crippen molar-refractivity contribution >= 4 is 29.3 Å². The van der Waals surface area contributed by atoms with E-state index in [1.807, 2.05) is 31.1 Å². The Morgan fingerprint density at radius 1 is 1.15 bits per heavy atom. The number of benzene rings is 1. The fourth-order valence-electron chi connectivity index (χ4n) is 2.25. The minimum atomic E-state index is -0.361. The van der Waals surface area contributed by atoms with Gasteiger partial charge in [0.05, 0.1) is 23.8 Å². The first kappa shape index (κ1) is 20.0. The highest BCUT2D eigenvalue weighted by molar-refractivity contribution is 8.00. The molecule has 0 aliphatic rings. The summed E-state index contributed by atoms with van der Waals surface area (Å²) >= 11 is 1.21. The van der Waals surface area contributed by atoms with E-state index >= 15 is 0 Å². The molecule has 26 heavy (non-hydrogen) atoms. The number of carbonyl (C=O) groups excluding carboxylic acids is 2. The Morgan fingerprint density at radius 2 is 1.85 bits per heavy atom. The summed E-state index contributed by atoms with van der Waals surface area (Å²) in [6.07, 6.45) is 1.60. The van der Waals surface area contributed by atoms with Gasteiger partial charge in [-0.05, 0) is 50.5 Å². The van der Waals surface area contributed by atoms with Crippen LogP contribution < -0.4 is 10.6 Å². The number of rotatable bonds is 9. The normalized spacial score (nSPS) is 12.0. The number of amides is 2. The molecule has 1 heterocycles. The second-order valence-corrected chi connectivity index (χ2v) is 6.83. The standard InChI is InChI=1S/C18H22FN3O3S/c1-22(2)15(16-4-3-9-25-16)10-20-17(23)11-26-12-18(24)21-14-7-5-13(19)6-8-14/h3-9,15H,10-12H2,1-2H3,(H,20,23)(H,21,24). The number of hydrogen-bond donors (Lipinski definition) is 2. The van der Waals surface area contributed by atoms with Gasteiger partial charge in [0, 0.05) is 12.2 Å². The largest absolute Gasteiger partial charge is 0.468 e. The lowest BCUT2D eigenvalue weighted by atomic mass is 10.2. The first-order valence-corrected chi connectivity index (χ1v) is 9.21. The monoisotopic (exact) mass is 379 g/mol. The number of furan rings is 1. The Morgan fingerprint density at radius 3 is 2.46 bits per heavy atom. The van der Waals surface area contributed by atoms with Crippen molar-refractivity contribution in [3.63, 3.8) is 0 Å². The van der Waals surface area contributed by atoms with Gasteiger partial charge < -0.3 is 15.1 Å². The minimum Gasteiger partial charge on any atom is -0.468 e. The summed E-state index contributed by atoms with van der Waals surface area (Å²) in [4.78, 5) is 25.7. The molecule has 6 nitrogen and oxygen atoms in total. The zero-order valence-electron chi connectivity index (χ0n) is 14.7. The number of thioether (sulfide) groups is 1. The average Bonchev–Trinajstić information content (AvgIpc) is 3.11. The zero-order valence-corrected chi connectivity index (χ0v) is 15.5. The maximum Gasteiger partial charge on any atom is 0.234 e. The van der Waals surface area contributed by atoms with Crippen LogP contribution in [0.2, 0.25) is 0 Å². The van der Waals surface area contributed by atoms with E-state index in [1.165, 1.54) is 36.0 Å². The van der Waals surface area contributed by atoms with E-state index in [1.54, 1.807) is 6.26 Å². The highest BCUT2D eigenvalue weighted by atomic mass is 32.2. The Labute approximate surface area is 156 Å². The van der Waals surface area contributed by atoms with Gasteiger partial charge in [0.25, 0.3) is 0 Å². The fraction of sp³-hybridized carbons (Fsp3) is 0.333. The molecule has 0 radical (unpaired) electrons. The van der Waals surface area contributed by atoms with E-state index < -0.39 is 0 Å². The first-order chi connectivity index (χ1) is 12.5. The third-order valence-electron chi connectivity index (χ3n) is 3.58. The first-order valence-electron chi connectivity index (χ1n) is 8.05. The summed E-state index contributed by atoms with van der Waals surface area (Å²) in [6, 6.07) is 9.14. The molecule has 0 bridgehead atoms.